The summed E-state index contributed by atoms with van der Waals surface area (Å²) in [5, 5.41) is 0. The molecule has 3 heteroatoms. The van der Waals surface area contributed by atoms with Gasteiger partial charge in [-0.25, -0.2) is 4.21 Å². The molecule has 0 aromatic heterocycles. The molecule has 0 heterocycles. The molecular weight excluding hydrogens is 230 g/mol. The molecule has 0 N–H and O–H groups in total. The quantitative estimate of drug-likeness (QED) is 0.550. The van der Waals surface area contributed by atoms with E-state index in [2.05, 4.69) is 11.0 Å². The summed E-state index contributed by atoms with van der Waals surface area (Å²) in [7, 11) is -1.13. The Balaban J connectivity index is 2.76. The maximum atomic E-state index is 11.9. The molecule has 1 fully saturated rings. The summed E-state index contributed by atoms with van der Waals surface area (Å²) in [5.41, 5.74) is 0.126. The molecule has 1 aliphatic rings. The molecule has 1 rings (SSSR count). The Kier molecular flexibility index (Phi) is 5.11. The molecule has 0 saturated heterocycles. The largest absolute Gasteiger partial charge is 0.234 e. The highest BCUT2D eigenvalue weighted by Gasteiger charge is 2.30. The molecular formula is C14H25NOS. The lowest BCUT2D eigenvalue weighted by Gasteiger charge is -2.32. The molecule has 2 nitrogen and oxygen atoms in total. The van der Waals surface area contributed by atoms with Crippen molar-refractivity contribution < 1.29 is 4.21 Å². The number of nitrogens with zero attached hydrogens (tertiary/aromatic N) is 1. The number of rotatable bonds is 4. The van der Waals surface area contributed by atoms with Crippen molar-refractivity contribution in [2.24, 2.45) is 9.81 Å². The average Bonchev–Trinajstić information content (AvgIpc) is 2.26. The molecule has 0 amide bonds. The summed E-state index contributed by atoms with van der Waals surface area (Å²) in [6.45, 7) is 9.72. The van der Waals surface area contributed by atoms with Crippen LogP contribution in [0.15, 0.2) is 17.1 Å². The van der Waals surface area contributed by atoms with Crippen LogP contribution in [0.2, 0.25) is 0 Å². The molecule has 17 heavy (non-hydrogen) atoms. The fourth-order valence-corrected chi connectivity index (χ4v) is 2.88. The van der Waals surface area contributed by atoms with Crippen LogP contribution in [0.3, 0.4) is 0 Å². The zero-order valence-corrected chi connectivity index (χ0v) is 12.2. The monoisotopic (exact) mass is 255 g/mol. The number of hydrogen-bond donors (Lipinski definition) is 0. The molecule has 1 saturated carbocycles. The van der Waals surface area contributed by atoms with Gasteiger partial charge in [-0.15, -0.1) is 6.58 Å². The Morgan fingerprint density at radius 1 is 1.29 bits per heavy atom. The molecule has 0 bridgehead atoms. The van der Waals surface area contributed by atoms with Crippen molar-refractivity contribution in [2.45, 2.75) is 64.0 Å². The minimum Gasteiger partial charge on any atom is -0.234 e. The topological polar surface area (TPSA) is 29.4 Å². The van der Waals surface area contributed by atoms with Crippen LogP contribution in [0.25, 0.3) is 0 Å². The van der Waals surface area contributed by atoms with E-state index in [9.17, 15) is 4.21 Å². The maximum absolute atomic E-state index is 11.9. The van der Waals surface area contributed by atoms with Crippen LogP contribution in [-0.4, -0.2) is 15.2 Å². The second-order valence-electron chi connectivity index (χ2n) is 6.01. The second-order valence-corrected chi connectivity index (χ2v) is 7.95. The highest BCUT2D eigenvalue weighted by molar-refractivity contribution is 7.85. The lowest BCUT2D eigenvalue weighted by molar-refractivity contribution is 0.294. The van der Waals surface area contributed by atoms with Gasteiger partial charge in [0.25, 0.3) is 0 Å². The van der Waals surface area contributed by atoms with Crippen molar-refractivity contribution in [1.29, 1.82) is 0 Å². The fraction of sp³-hybridized carbons (Fsp3) is 0.786. The first-order chi connectivity index (χ1) is 7.90. The first kappa shape index (κ1) is 14.6. The van der Waals surface area contributed by atoms with Gasteiger partial charge in [0.1, 0.15) is 11.0 Å². The molecule has 1 unspecified atom stereocenters. The normalized spacial score (nSPS) is 22.5. The van der Waals surface area contributed by atoms with Crippen molar-refractivity contribution in [3.05, 3.63) is 12.7 Å². The second kappa shape index (κ2) is 5.94. The first-order valence-electron chi connectivity index (χ1n) is 6.48. The lowest BCUT2D eigenvalue weighted by atomic mass is 9.73. The van der Waals surface area contributed by atoms with Crippen molar-refractivity contribution in [3.8, 4) is 0 Å². The van der Waals surface area contributed by atoms with E-state index >= 15 is 0 Å². The summed E-state index contributed by atoms with van der Waals surface area (Å²) in [6, 6.07) is 0. The third-order valence-corrected chi connectivity index (χ3v) is 4.69. The predicted molar refractivity (Wildman–Crippen MR) is 76.7 cm³/mol. The van der Waals surface area contributed by atoms with Crippen LogP contribution in [0.1, 0.15) is 59.3 Å². The van der Waals surface area contributed by atoms with Crippen molar-refractivity contribution in [2.75, 3.05) is 0 Å². The molecule has 0 spiro atoms. The third-order valence-electron chi connectivity index (χ3n) is 3.35. The summed E-state index contributed by atoms with van der Waals surface area (Å²) in [6.07, 6.45) is 11.0. The summed E-state index contributed by atoms with van der Waals surface area (Å²) < 4.78 is 16.0. The van der Waals surface area contributed by atoms with Gasteiger partial charge in [0.15, 0.2) is 0 Å². The van der Waals surface area contributed by atoms with Crippen LogP contribution in [0, 0.1) is 5.41 Å². The lowest BCUT2D eigenvalue weighted by Crippen LogP contribution is -2.27. The number of hydrogen-bond acceptors (Lipinski definition) is 1. The van der Waals surface area contributed by atoms with Gasteiger partial charge in [-0.05, 0) is 40.0 Å². The summed E-state index contributed by atoms with van der Waals surface area (Å²) in [5.74, 6) is 0. The zero-order chi connectivity index (χ0) is 12.9. The Labute approximate surface area is 108 Å². The molecule has 98 valence electrons. The van der Waals surface area contributed by atoms with Crippen LogP contribution in [0.4, 0.5) is 0 Å². The van der Waals surface area contributed by atoms with E-state index in [-0.39, 0.29) is 10.2 Å². The van der Waals surface area contributed by atoms with Gasteiger partial charge in [-0.1, -0.05) is 25.3 Å². The van der Waals surface area contributed by atoms with Gasteiger partial charge < -0.3 is 0 Å². The van der Waals surface area contributed by atoms with E-state index < -0.39 is 11.0 Å². The predicted octanol–water partition coefficient (Wildman–Crippen LogP) is 4.05. The fourth-order valence-electron chi connectivity index (χ4n) is 2.25. The van der Waals surface area contributed by atoms with Crippen molar-refractivity contribution in [1.82, 2.24) is 0 Å². The summed E-state index contributed by atoms with van der Waals surface area (Å²) >= 11 is 0. The number of allylic oxidation sites excluding steroid dienone is 1. The maximum Gasteiger partial charge on any atom is 0.144 e. The van der Waals surface area contributed by atoms with Gasteiger partial charge >= 0.3 is 0 Å². The van der Waals surface area contributed by atoms with Gasteiger partial charge in [0.2, 0.25) is 0 Å². The molecule has 0 aromatic rings. The molecule has 0 aliphatic heterocycles. The van der Waals surface area contributed by atoms with Gasteiger partial charge in [0, 0.05) is 11.6 Å². The minimum atomic E-state index is -1.13. The molecule has 0 aromatic carbocycles. The average molecular weight is 255 g/mol. The first-order valence-corrected chi connectivity index (χ1v) is 7.58. The summed E-state index contributed by atoms with van der Waals surface area (Å²) in [4.78, 5) is 0. The van der Waals surface area contributed by atoms with Crippen LogP contribution >= 0.6 is 0 Å². The van der Waals surface area contributed by atoms with Crippen LogP contribution < -0.4 is 0 Å². The highest BCUT2D eigenvalue weighted by atomic mass is 32.2. The molecule has 0 radical (unpaired) electrons. The Morgan fingerprint density at radius 3 is 2.35 bits per heavy atom. The Bertz CT molecular complexity index is 309. The van der Waals surface area contributed by atoms with Crippen molar-refractivity contribution >= 4 is 17.2 Å². The standard InChI is InChI=1S/C14H25NOS/c1-5-9-14(10-7-6-8-11-14)12-15-17(16)13(2,3)4/h5,12H,1,6-11H2,2-4H3/b15-12+. The van der Waals surface area contributed by atoms with Crippen LogP contribution in [0.5, 0.6) is 0 Å². The minimum absolute atomic E-state index is 0.126. The van der Waals surface area contributed by atoms with Gasteiger partial charge in [0.05, 0.1) is 4.75 Å². The van der Waals surface area contributed by atoms with Gasteiger partial charge in [-0.3, -0.25) is 0 Å². The van der Waals surface area contributed by atoms with Gasteiger partial charge in [-0.2, -0.15) is 4.40 Å². The van der Waals surface area contributed by atoms with E-state index in [0.717, 1.165) is 19.3 Å². The SMILES string of the molecule is C=CCC1(/C=N/S(=O)C(C)(C)C)CCCCC1. The smallest absolute Gasteiger partial charge is 0.144 e. The molecule has 1 aliphatic carbocycles. The van der Waals surface area contributed by atoms with E-state index in [1.54, 1.807) is 0 Å². The molecule has 1 atom stereocenters. The highest BCUT2D eigenvalue weighted by Crippen LogP contribution is 2.38. The third kappa shape index (κ3) is 4.38. The Morgan fingerprint density at radius 2 is 1.88 bits per heavy atom. The zero-order valence-electron chi connectivity index (χ0n) is 11.4. The van der Waals surface area contributed by atoms with E-state index in [0.29, 0.717) is 0 Å². The Hall–Kier alpha value is -0.440. The van der Waals surface area contributed by atoms with Crippen LogP contribution in [-0.2, 0) is 11.0 Å². The van der Waals surface area contributed by atoms with E-state index in [1.807, 2.05) is 33.1 Å². The van der Waals surface area contributed by atoms with E-state index in [1.165, 1.54) is 19.3 Å². The van der Waals surface area contributed by atoms with Crippen molar-refractivity contribution in [3.63, 3.8) is 0 Å². The van der Waals surface area contributed by atoms with E-state index in [4.69, 9.17) is 0 Å².